The van der Waals surface area contributed by atoms with Crippen molar-refractivity contribution >= 4 is 23.2 Å². The van der Waals surface area contributed by atoms with E-state index < -0.39 is 5.91 Å². The summed E-state index contributed by atoms with van der Waals surface area (Å²) in [7, 11) is 0. The van der Waals surface area contributed by atoms with Crippen molar-refractivity contribution in [1.82, 2.24) is 0 Å². The summed E-state index contributed by atoms with van der Waals surface area (Å²) in [6, 6.07) is 22.2. The fourth-order valence-electron chi connectivity index (χ4n) is 2.78. The van der Waals surface area contributed by atoms with Gasteiger partial charge in [-0.15, -0.1) is 0 Å². The van der Waals surface area contributed by atoms with Crippen LogP contribution in [-0.2, 0) is 0 Å². The Balaban J connectivity index is 1.70. The summed E-state index contributed by atoms with van der Waals surface area (Å²) in [5.74, 6) is -0.0125. The van der Waals surface area contributed by atoms with Crippen molar-refractivity contribution in [2.24, 2.45) is 0 Å². The zero-order valence-electron chi connectivity index (χ0n) is 16.7. The molecule has 0 aliphatic rings. The number of benzene rings is 3. The summed E-state index contributed by atoms with van der Waals surface area (Å²) in [5, 5.41) is 14.7. The SMILES string of the molecule is CC(C)Oc1ccc(NC(=O)c2cccc(C(=O)Nc3ccccc3C#N)c2)cc1. The van der Waals surface area contributed by atoms with Crippen LogP contribution in [0.15, 0.2) is 72.8 Å². The first-order chi connectivity index (χ1) is 14.5. The van der Waals surface area contributed by atoms with Gasteiger partial charge in [0, 0.05) is 16.8 Å². The number of ether oxygens (including phenoxy) is 1. The quantitative estimate of drug-likeness (QED) is 0.620. The third kappa shape index (κ3) is 5.24. The molecule has 3 rings (SSSR count). The van der Waals surface area contributed by atoms with E-state index in [2.05, 4.69) is 10.6 Å². The van der Waals surface area contributed by atoms with E-state index in [1.807, 2.05) is 19.9 Å². The Hall–Kier alpha value is -4.11. The Morgan fingerprint density at radius 1 is 0.867 bits per heavy atom. The topological polar surface area (TPSA) is 91.2 Å². The summed E-state index contributed by atoms with van der Waals surface area (Å²) >= 11 is 0. The molecule has 6 heteroatoms. The van der Waals surface area contributed by atoms with Gasteiger partial charge in [0.2, 0.25) is 0 Å². The van der Waals surface area contributed by atoms with Gasteiger partial charge in [0.05, 0.1) is 17.4 Å². The molecule has 0 radical (unpaired) electrons. The van der Waals surface area contributed by atoms with Crippen LogP contribution in [0.4, 0.5) is 11.4 Å². The molecule has 2 N–H and O–H groups in total. The van der Waals surface area contributed by atoms with Crippen molar-refractivity contribution in [2.45, 2.75) is 20.0 Å². The molecule has 0 aliphatic carbocycles. The lowest BCUT2D eigenvalue weighted by Gasteiger charge is -2.11. The molecular weight excluding hydrogens is 378 g/mol. The smallest absolute Gasteiger partial charge is 0.255 e. The molecule has 0 saturated carbocycles. The average Bonchev–Trinajstić information content (AvgIpc) is 2.75. The van der Waals surface area contributed by atoms with Gasteiger partial charge in [-0.1, -0.05) is 18.2 Å². The van der Waals surface area contributed by atoms with Crippen molar-refractivity contribution in [3.63, 3.8) is 0 Å². The maximum absolute atomic E-state index is 12.6. The number of hydrogen-bond donors (Lipinski definition) is 2. The van der Waals surface area contributed by atoms with E-state index in [1.54, 1.807) is 66.7 Å². The van der Waals surface area contributed by atoms with E-state index in [1.165, 1.54) is 6.07 Å². The first kappa shape index (κ1) is 20.6. The highest BCUT2D eigenvalue weighted by Crippen LogP contribution is 2.19. The van der Waals surface area contributed by atoms with Crippen molar-refractivity contribution in [1.29, 1.82) is 5.26 Å². The minimum atomic E-state index is -0.400. The average molecular weight is 399 g/mol. The number of carbonyl (C=O) groups is 2. The van der Waals surface area contributed by atoms with Crippen molar-refractivity contribution in [3.8, 4) is 11.8 Å². The number of nitrogens with one attached hydrogen (secondary N) is 2. The molecule has 3 aromatic rings. The van der Waals surface area contributed by atoms with Crippen molar-refractivity contribution in [2.75, 3.05) is 10.6 Å². The maximum Gasteiger partial charge on any atom is 0.255 e. The molecule has 0 spiro atoms. The lowest BCUT2D eigenvalue weighted by atomic mass is 10.1. The predicted octanol–water partition coefficient (Wildman–Crippen LogP) is 4.85. The number of carbonyl (C=O) groups excluding carboxylic acids is 2. The van der Waals surface area contributed by atoms with Crippen LogP contribution in [0, 0.1) is 11.3 Å². The third-order valence-corrected chi connectivity index (χ3v) is 4.17. The molecule has 30 heavy (non-hydrogen) atoms. The number of rotatable bonds is 6. The molecule has 0 aromatic heterocycles. The number of nitrogens with zero attached hydrogens (tertiary/aromatic N) is 1. The minimum absolute atomic E-state index is 0.0689. The van der Waals surface area contributed by atoms with E-state index in [9.17, 15) is 9.59 Å². The highest BCUT2D eigenvalue weighted by atomic mass is 16.5. The molecule has 0 atom stereocenters. The van der Waals surface area contributed by atoms with Gasteiger partial charge in [0.1, 0.15) is 11.8 Å². The Kier molecular flexibility index (Phi) is 6.46. The van der Waals surface area contributed by atoms with Gasteiger partial charge in [-0.25, -0.2) is 0 Å². The Labute approximate surface area is 175 Å². The lowest BCUT2D eigenvalue weighted by Crippen LogP contribution is -2.16. The fraction of sp³-hybridized carbons (Fsp3) is 0.125. The summed E-state index contributed by atoms with van der Waals surface area (Å²) < 4.78 is 5.59. The second-order valence-corrected chi connectivity index (χ2v) is 6.84. The van der Waals surface area contributed by atoms with Gasteiger partial charge in [-0.05, 0) is 68.4 Å². The van der Waals surface area contributed by atoms with Crippen LogP contribution in [0.3, 0.4) is 0 Å². The molecule has 0 aliphatic heterocycles. The van der Waals surface area contributed by atoms with Gasteiger partial charge >= 0.3 is 0 Å². The van der Waals surface area contributed by atoms with Crippen molar-refractivity contribution in [3.05, 3.63) is 89.5 Å². The zero-order chi connectivity index (χ0) is 21.5. The number of para-hydroxylation sites is 1. The summed E-state index contributed by atoms with van der Waals surface area (Å²) in [5.41, 5.74) is 2.07. The summed E-state index contributed by atoms with van der Waals surface area (Å²) in [6.45, 7) is 3.88. The van der Waals surface area contributed by atoms with Gasteiger partial charge in [-0.2, -0.15) is 5.26 Å². The first-order valence-corrected chi connectivity index (χ1v) is 9.45. The van der Waals surface area contributed by atoms with Crippen LogP contribution < -0.4 is 15.4 Å². The van der Waals surface area contributed by atoms with Gasteiger partial charge in [0.15, 0.2) is 0 Å². The second-order valence-electron chi connectivity index (χ2n) is 6.84. The standard InChI is InChI=1S/C24H21N3O3/c1-16(2)30-21-12-10-20(11-13-21)26-23(28)17-7-5-8-18(14-17)24(29)27-22-9-4-3-6-19(22)15-25/h3-14,16H,1-2H3,(H,26,28)(H,27,29). The van der Waals surface area contributed by atoms with Crippen LogP contribution in [0.25, 0.3) is 0 Å². The lowest BCUT2D eigenvalue weighted by molar-refractivity contribution is 0.102. The highest BCUT2D eigenvalue weighted by molar-refractivity contribution is 6.09. The maximum atomic E-state index is 12.6. The van der Waals surface area contributed by atoms with Gasteiger partial charge in [-0.3, -0.25) is 9.59 Å². The summed E-state index contributed by atoms with van der Waals surface area (Å²) in [6.07, 6.45) is 0.0689. The molecule has 0 fully saturated rings. The number of amides is 2. The van der Waals surface area contributed by atoms with E-state index in [0.29, 0.717) is 28.1 Å². The number of nitriles is 1. The molecule has 150 valence electrons. The number of hydrogen-bond acceptors (Lipinski definition) is 4. The molecule has 0 saturated heterocycles. The van der Waals surface area contributed by atoms with Crippen molar-refractivity contribution < 1.29 is 14.3 Å². The zero-order valence-corrected chi connectivity index (χ0v) is 16.7. The normalized spacial score (nSPS) is 10.2. The monoisotopic (exact) mass is 399 g/mol. The predicted molar refractivity (Wildman–Crippen MR) is 116 cm³/mol. The third-order valence-electron chi connectivity index (χ3n) is 4.17. The molecule has 0 heterocycles. The van der Waals surface area contributed by atoms with Crippen LogP contribution in [0.1, 0.15) is 40.1 Å². The van der Waals surface area contributed by atoms with E-state index in [-0.39, 0.29) is 12.0 Å². The van der Waals surface area contributed by atoms with Gasteiger partial charge in [0.25, 0.3) is 11.8 Å². The molecule has 2 amide bonds. The van der Waals surface area contributed by atoms with E-state index in [0.717, 1.165) is 5.75 Å². The summed E-state index contributed by atoms with van der Waals surface area (Å²) in [4.78, 5) is 25.2. The Morgan fingerprint density at radius 2 is 1.50 bits per heavy atom. The number of anilines is 2. The van der Waals surface area contributed by atoms with E-state index >= 15 is 0 Å². The van der Waals surface area contributed by atoms with Crippen LogP contribution in [-0.4, -0.2) is 17.9 Å². The first-order valence-electron chi connectivity index (χ1n) is 9.45. The van der Waals surface area contributed by atoms with Crippen LogP contribution in [0.2, 0.25) is 0 Å². The molecule has 0 bridgehead atoms. The fourth-order valence-corrected chi connectivity index (χ4v) is 2.78. The Bertz CT molecular complexity index is 1100. The largest absolute Gasteiger partial charge is 0.491 e. The molecule has 6 nitrogen and oxygen atoms in total. The minimum Gasteiger partial charge on any atom is -0.491 e. The highest BCUT2D eigenvalue weighted by Gasteiger charge is 2.12. The van der Waals surface area contributed by atoms with Crippen LogP contribution in [0.5, 0.6) is 5.75 Å². The van der Waals surface area contributed by atoms with Gasteiger partial charge < -0.3 is 15.4 Å². The molecule has 0 unspecified atom stereocenters. The molecular formula is C24H21N3O3. The van der Waals surface area contributed by atoms with Crippen LogP contribution >= 0.6 is 0 Å². The van der Waals surface area contributed by atoms with E-state index in [4.69, 9.17) is 10.00 Å². The Morgan fingerprint density at radius 3 is 2.13 bits per heavy atom. The molecule has 3 aromatic carbocycles. The second kappa shape index (κ2) is 9.39.